The molecule has 0 aliphatic carbocycles. The van der Waals surface area contributed by atoms with Crippen molar-refractivity contribution < 1.29 is 35.5 Å². The van der Waals surface area contributed by atoms with E-state index in [4.69, 9.17) is 0 Å². The topological polar surface area (TPSA) is 216 Å². The van der Waals surface area contributed by atoms with Gasteiger partial charge in [0.25, 0.3) is 20.2 Å². The molecule has 1 atom stereocenters. The fraction of sp³-hybridized carbons (Fsp3) is 0.382. The van der Waals surface area contributed by atoms with Gasteiger partial charge in [-0.1, -0.05) is 61.6 Å². The van der Waals surface area contributed by atoms with Gasteiger partial charge in [0.15, 0.2) is 0 Å². The number of nitrogens with one attached hydrogen (secondary N) is 4. The molecule has 0 radical (unpaired) electrons. The molecule has 51 heavy (non-hydrogen) atoms. The average molecular weight is 748 g/mol. The zero-order chi connectivity index (χ0) is 38.1. The molecule has 1 aromatic carbocycles. The molecule has 2 aromatic rings. The number of hydrogen-bond acceptors (Lipinski definition) is 12. The van der Waals surface area contributed by atoms with E-state index >= 15 is 0 Å². The van der Waals surface area contributed by atoms with Gasteiger partial charge in [-0.25, -0.2) is 0 Å². The lowest BCUT2D eigenvalue weighted by molar-refractivity contribution is -0.873. The lowest BCUT2D eigenvalue weighted by Crippen LogP contribution is -2.45. The van der Waals surface area contributed by atoms with Crippen molar-refractivity contribution in [3.63, 3.8) is 0 Å². The fourth-order valence-corrected chi connectivity index (χ4v) is 5.87. The van der Waals surface area contributed by atoms with E-state index in [2.05, 4.69) is 36.2 Å². The predicted octanol–water partition coefficient (Wildman–Crippen LogP) is 4.22. The highest BCUT2D eigenvalue weighted by Gasteiger charge is 2.17. The van der Waals surface area contributed by atoms with Crippen LogP contribution in [0.2, 0.25) is 0 Å². The number of quaternary nitrogens is 1. The Labute approximate surface area is 301 Å². The number of nitrogens with zero attached hydrogens (tertiary/aromatic N) is 4. The van der Waals surface area contributed by atoms with E-state index in [1.54, 1.807) is 13.0 Å². The van der Waals surface area contributed by atoms with Gasteiger partial charge in [-0.3, -0.25) is 9.11 Å². The van der Waals surface area contributed by atoms with E-state index in [0.29, 0.717) is 43.5 Å². The highest BCUT2D eigenvalue weighted by Crippen LogP contribution is 2.21. The van der Waals surface area contributed by atoms with Crippen LogP contribution in [0.3, 0.4) is 0 Å². The Bertz CT molecular complexity index is 1850. The molecule has 0 spiro atoms. The van der Waals surface area contributed by atoms with Gasteiger partial charge >= 0.3 is 0 Å². The van der Waals surface area contributed by atoms with Gasteiger partial charge in [0.1, 0.15) is 22.4 Å². The molecule has 0 saturated heterocycles. The van der Waals surface area contributed by atoms with Crippen LogP contribution in [-0.4, -0.2) is 104 Å². The van der Waals surface area contributed by atoms with Gasteiger partial charge in [0, 0.05) is 25.0 Å². The van der Waals surface area contributed by atoms with Crippen molar-refractivity contribution in [2.24, 2.45) is 0 Å². The number of anilines is 3. The number of aliphatic hydroxyl groups excluding tert-OH is 1. The first kappa shape index (κ1) is 42.9. The Balaban J connectivity index is 2.37. The first-order chi connectivity index (χ1) is 24.0. The molecule has 0 aliphatic rings. The highest BCUT2D eigenvalue weighted by atomic mass is 32.2. The van der Waals surface area contributed by atoms with Crippen molar-refractivity contribution in [2.75, 3.05) is 63.3 Å². The van der Waals surface area contributed by atoms with E-state index in [1.807, 2.05) is 53.2 Å². The summed E-state index contributed by atoms with van der Waals surface area (Å²) >= 11 is 0. The molecule has 0 bridgehead atoms. The quantitative estimate of drug-likeness (QED) is 0.0412. The first-order valence-electron chi connectivity index (χ1n) is 16.3. The number of allylic oxidation sites excluding steroid dienone is 9. The summed E-state index contributed by atoms with van der Waals surface area (Å²) in [6, 6.07) is 5.63. The summed E-state index contributed by atoms with van der Waals surface area (Å²) in [5.74, 6) is 0.535. The summed E-state index contributed by atoms with van der Waals surface area (Å²) in [7, 11) is -3.29. The molecular formula is C34H51N8O7S2+. The second-order valence-electron chi connectivity index (χ2n) is 12.2. The van der Waals surface area contributed by atoms with Gasteiger partial charge in [0.2, 0.25) is 17.8 Å². The molecule has 1 unspecified atom stereocenters. The molecule has 0 amide bonds. The van der Waals surface area contributed by atoms with Crippen molar-refractivity contribution in [3.8, 4) is 0 Å². The number of rotatable bonds is 21. The summed E-state index contributed by atoms with van der Waals surface area (Å²) in [5, 5.41) is 22.6. The normalized spacial score (nSPS) is 14.5. The van der Waals surface area contributed by atoms with Crippen LogP contribution < -0.4 is 21.3 Å². The van der Waals surface area contributed by atoms with Crippen LogP contribution in [0.25, 0.3) is 6.08 Å². The minimum Gasteiger partial charge on any atom is -0.386 e. The molecule has 2 rings (SSSR count). The molecule has 0 saturated carbocycles. The third-order valence-corrected chi connectivity index (χ3v) is 8.58. The van der Waals surface area contributed by atoms with Gasteiger partial charge in [0.05, 0.1) is 21.1 Å². The van der Waals surface area contributed by atoms with Crippen LogP contribution in [0.1, 0.15) is 39.2 Å². The lowest BCUT2D eigenvalue weighted by Gasteiger charge is -2.26. The molecule has 7 N–H and O–H groups in total. The lowest BCUT2D eigenvalue weighted by atomic mass is 10.1. The van der Waals surface area contributed by atoms with Gasteiger partial charge in [-0.05, 0) is 62.6 Å². The van der Waals surface area contributed by atoms with E-state index in [9.17, 15) is 31.0 Å². The number of benzene rings is 1. The number of hydrogen-bond donors (Lipinski definition) is 7. The monoisotopic (exact) mass is 747 g/mol. The van der Waals surface area contributed by atoms with Crippen molar-refractivity contribution in [1.29, 1.82) is 0 Å². The minimum absolute atomic E-state index is 0.0175. The summed E-state index contributed by atoms with van der Waals surface area (Å²) in [6.07, 6.45) is 14.4. The Morgan fingerprint density at radius 2 is 1.61 bits per heavy atom. The summed E-state index contributed by atoms with van der Waals surface area (Å²) in [6.45, 7) is 7.74. The molecule has 0 aliphatic heterocycles. The van der Waals surface area contributed by atoms with Crippen molar-refractivity contribution in [2.45, 2.75) is 44.6 Å². The maximum atomic E-state index is 12.5. The summed E-state index contributed by atoms with van der Waals surface area (Å²) < 4.78 is 69.0. The van der Waals surface area contributed by atoms with Crippen molar-refractivity contribution in [3.05, 3.63) is 94.7 Å². The second-order valence-corrected chi connectivity index (χ2v) is 15.0. The molecule has 15 nitrogen and oxygen atoms in total. The Kier molecular flexibility index (Phi) is 17.3. The van der Waals surface area contributed by atoms with Crippen LogP contribution in [0, 0.1) is 0 Å². The Morgan fingerprint density at radius 1 is 0.922 bits per heavy atom. The molecule has 1 heterocycles. The fourth-order valence-electron chi connectivity index (χ4n) is 4.51. The Hall–Kier alpha value is -4.23. The van der Waals surface area contributed by atoms with E-state index in [-0.39, 0.29) is 33.9 Å². The van der Waals surface area contributed by atoms with Gasteiger partial charge < -0.3 is 30.9 Å². The van der Waals surface area contributed by atoms with Crippen LogP contribution in [0.5, 0.6) is 0 Å². The highest BCUT2D eigenvalue weighted by molar-refractivity contribution is 7.90. The largest absolute Gasteiger partial charge is 0.386 e. The van der Waals surface area contributed by atoms with Crippen molar-refractivity contribution in [1.82, 2.24) is 20.3 Å². The summed E-state index contributed by atoms with van der Waals surface area (Å²) in [5.41, 5.74) is 0.953. The van der Waals surface area contributed by atoms with Gasteiger partial charge in [-0.2, -0.15) is 31.8 Å². The zero-order valence-corrected chi connectivity index (χ0v) is 31.5. The van der Waals surface area contributed by atoms with E-state index in [1.165, 1.54) is 48.7 Å². The smallest absolute Gasteiger partial charge is 0.295 e. The van der Waals surface area contributed by atoms with E-state index in [0.717, 1.165) is 11.8 Å². The Morgan fingerprint density at radius 3 is 2.24 bits per heavy atom. The van der Waals surface area contributed by atoms with Crippen molar-refractivity contribution >= 4 is 44.2 Å². The van der Waals surface area contributed by atoms with Gasteiger partial charge in [-0.15, -0.1) is 0 Å². The minimum atomic E-state index is -4.79. The maximum Gasteiger partial charge on any atom is 0.295 e. The second kappa shape index (κ2) is 20.6. The SMILES string of the molecule is C/C=C\C=C(/CC)Nc1nc(N/C=C/C(=C(\C=C/C)/C=C/c2ccccc2S(=O)(=O)O)S(=O)(=O)O)nc(NCCCNCC(O)C[N+](C)(C)C)n1. The average Bonchev–Trinajstić information content (AvgIpc) is 3.03. The summed E-state index contributed by atoms with van der Waals surface area (Å²) in [4.78, 5) is 12.4. The third-order valence-electron chi connectivity index (χ3n) is 6.73. The molecule has 0 fully saturated rings. The maximum absolute atomic E-state index is 12.5. The number of aromatic nitrogens is 3. The number of aliphatic hydroxyl groups is 1. The zero-order valence-electron chi connectivity index (χ0n) is 29.9. The third kappa shape index (κ3) is 16.6. The van der Waals surface area contributed by atoms with Crippen LogP contribution >= 0.6 is 0 Å². The predicted molar refractivity (Wildman–Crippen MR) is 203 cm³/mol. The molecule has 280 valence electrons. The first-order valence-corrected chi connectivity index (χ1v) is 19.1. The van der Waals surface area contributed by atoms with E-state index < -0.39 is 31.2 Å². The molecule has 17 heteroatoms. The molecule has 1 aromatic heterocycles. The van der Waals surface area contributed by atoms with Crippen LogP contribution in [-0.2, 0) is 20.2 Å². The molecular weight excluding hydrogens is 697 g/mol. The standard InChI is InChI=1S/C34H50N8O7S2/c1-7-10-16-28(9-3)38-34-40-32(36-22-13-21-35-24-29(43)25-42(4,5)6)39-33(41-34)37-23-20-31(51(47,48)49)26(14-8-2)18-19-27-15-11-12-17-30(27)50(44,45)46/h7-8,10-12,14-20,23,29,35,43H,9,13,21-22,24-25H2,1-6H3,(H4-,36,37,38,39,40,41,44,45,46,47,48,49)/p+1/b10-7-,14-8-,19-18+,23-20+,28-16+,31-26-. The number of likely N-dealkylation sites (N-methyl/N-ethyl adjacent to an activating group) is 1. The van der Waals surface area contributed by atoms with Crippen LogP contribution in [0.15, 0.2) is 94.1 Å². The van der Waals surface area contributed by atoms with Crippen LogP contribution in [0.4, 0.5) is 17.8 Å².